The minimum Gasteiger partial charge on any atom is -0.497 e. The van der Waals surface area contributed by atoms with Crippen molar-refractivity contribution in [3.63, 3.8) is 0 Å². The molecule has 0 aliphatic carbocycles. The summed E-state index contributed by atoms with van der Waals surface area (Å²) in [6.45, 7) is 0. The molecule has 0 bridgehead atoms. The van der Waals surface area contributed by atoms with Crippen LogP contribution in [-0.4, -0.2) is 39.2 Å². The Morgan fingerprint density at radius 2 is 1.59 bits per heavy atom. The standard InChI is InChI=1S/C22H20ClNO5/c1-26-15-6-8-19(27-2)16(11-15)18(25)7-5-13-9-14-10-20(28-3)21(29-4)12-17(14)24-22(13)23/h5-12H,1-4H3/b7-5+. The van der Waals surface area contributed by atoms with Gasteiger partial charge in [-0.1, -0.05) is 11.6 Å². The summed E-state index contributed by atoms with van der Waals surface area (Å²) in [5, 5.41) is 1.07. The van der Waals surface area contributed by atoms with E-state index in [4.69, 9.17) is 30.5 Å². The van der Waals surface area contributed by atoms with Crippen LogP contribution in [0.3, 0.4) is 0 Å². The highest BCUT2D eigenvalue weighted by atomic mass is 35.5. The highest BCUT2D eigenvalue weighted by Gasteiger charge is 2.13. The third kappa shape index (κ3) is 4.27. The number of pyridine rings is 1. The normalized spacial score (nSPS) is 10.9. The predicted octanol–water partition coefficient (Wildman–Crippen LogP) is 4.82. The van der Waals surface area contributed by atoms with Gasteiger partial charge in [-0.05, 0) is 42.5 Å². The Morgan fingerprint density at radius 3 is 2.24 bits per heavy atom. The highest BCUT2D eigenvalue weighted by Crippen LogP contribution is 2.33. The van der Waals surface area contributed by atoms with E-state index < -0.39 is 0 Å². The van der Waals surface area contributed by atoms with Crippen LogP contribution in [0.1, 0.15) is 15.9 Å². The summed E-state index contributed by atoms with van der Waals surface area (Å²) in [5.41, 5.74) is 1.64. The lowest BCUT2D eigenvalue weighted by Gasteiger charge is -2.10. The van der Waals surface area contributed by atoms with E-state index in [-0.39, 0.29) is 10.9 Å². The number of hydrogen-bond donors (Lipinski definition) is 0. The Hall–Kier alpha value is -3.25. The zero-order valence-electron chi connectivity index (χ0n) is 16.5. The smallest absolute Gasteiger partial charge is 0.189 e. The zero-order chi connectivity index (χ0) is 21.0. The average molecular weight is 414 g/mol. The highest BCUT2D eigenvalue weighted by molar-refractivity contribution is 6.31. The Balaban J connectivity index is 1.98. The summed E-state index contributed by atoms with van der Waals surface area (Å²) in [6.07, 6.45) is 3.04. The number of ketones is 1. The van der Waals surface area contributed by atoms with Gasteiger partial charge in [0.2, 0.25) is 0 Å². The van der Waals surface area contributed by atoms with Gasteiger partial charge in [0, 0.05) is 17.0 Å². The Bertz CT molecular complexity index is 1090. The number of halogens is 1. The summed E-state index contributed by atoms with van der Waals surface area (Å²) in [4.78, 5) is 17.1. The summed E-state index contributed by atoms with van der Waals surface area (Å²) in [5.74, 6) is 1.92. The van der Waals surface area contributed by atoms with Crippen LogP contribution < -0.4 is 18.9 Å². The number of benzene rings is 2. The van der Waals surface area contributed by atoms with Crippen molar-refractivity contribution in [1.82, 2.24) is 4.98 Å². The predicted molar refractivity (Wildman–Crippen MR) is 113 cm³/mol. The van der Waals surface area contributed by atoms with E-state index in [9.17, 15) is 4.79 Å². The molecule has 3 aromatic rings. The van der Waals surface area contributed by atoms with Crippen LogP contribution in [0.15, 0.2) is 42.5 Å². The number of aromatic nitrogens is 1. The van der Waals surface area contributed by atoms with Crippen molar-refractivity contribution >= 4 is 34.4 Å². The van der Waals surface area contributed by atoms with E-state index in [1.165, 1.54) is 20.3 Å². The van der Waals surface area contributed by atoms with Gasteiger partial charge in [-0.2, -0.15) is 0 Å². The Labute approximate surface area is 173 Å². The van der Waals surface area contributed by atoms with Gasteiger partial charge in [-0.25, -0.2) is 4.98 Å². The molecular formula is C22H20ClNO5. The minimum absolute atomic E-state index is 0.246. The van der Waals surface area contributed by atoms with Crippen LogP contribution in [0, 0.1) is 0 Å². The number of hydrogen-bond acceptors (Lipinski definition) is 6. The number of methoxy groups -OCH3 is 4. The number of carbonyl (C=O) groups excluding carboxylic acids is 1. The van der Waals surface area contributed by atoms with Crippen LogP contribution in [0.4, 0.5) is 0 Å². The second-order valence-corrected chi connectivity index (χ2v) is 6.39. The first-order valence-corrected chi connectivity index (χ1v) is 9.05. The van der Waals surface area contributed by atoms with Crippen molar-refractivity contribution in [2.75, 3.05) is 28.4 Å². The molecule has 1 aromatic heterocycles. The molecule has 2 aromatic carbocycles. The summed E-state index contributed by atoms with van der Waals surface area (Å²) in [6, 6.07) is 10.4. The number of ether oxygens (including phenoxy) is 4. The molecule has 150 valence electrons. The van der Waals surface area contributed by atoms with Crippen LogP contribution in [-0.2, 0) is 0 Å². The fourth-order valence-corrected chi connectivity index (χ4v) is 3.08. The van der Waals surface area contributed by atoms with E-state index in [0.717, 1.165) is 5.39 Å². The number of fused-ring (bicyclic) bond motifs is 1. The SMILES string of the molecule is COc1ccc(OC)c(C(=O)/C=C/c2cc3cc(OC)c(OC)cc3nc2Cl)c1. The maximum atomic E-state index is 12.7. The largest absolute Gasteiger partial charge is 0.497 e. The molecule has 0 atom stereocenters. The topological polar surface area (TPSA) is 66.9 Å². The van der Waals surface area contributed by atoms with Gasteiger partial charge in [0.25, 0.3) is 0 Å². The molecule has 0 unspecified atom stereocenters. The summed E-state index contributed by atoms with van der Waals surface area (Å²) in [7, 11) is 6.17. The van der Waals surface area contributed by atoms with Gasteiger partial charge < -0.3 is 18.9 Å². The first-order valence-electron chi connectivity index (χ1n) is 8.67. The molecule has 1 heterocycles. The maximum absolute atomic E-state index is 12.7. The average Bonchev–Trinajstić information content (AvgIpc) is 2.75. The quantitative estimate of drug-likeness (QED) is 0.314. The Kier molecular flexibility index (Phi) is 6.24. The molecule has 0 aliphatic heterocycles. The van der Waals surface area contributed by atoms with E-state index in [2.05, 4.69) is 4.98 Å². The third-order valence-electron chi connectivity index (χ3n) is 4.39. The molecule has 29 heavy (non-hydrogen) atoms. The van der Waals surface area contributed by atoms with Crippen molar-refractivity contribution in [3.05, 3.63) is 58.8 Å². The lowest BCUT2D eigenvalue weighted by Crippen LogP contribution is -2.00. The molecule has 0 amide bonds. The van der Waals surface area contributed by atoms with E-state index in [1.54, 1.807) is 44.6 Å². The molecule has 0 N–H and O–H groups in total. The molecular weight excluding hydrogens is 394 g/mol. The van der Waals surface area contributed by atoms with Crippen molar-refractivity contribution in [1.29, 1.82) is 0 Å². The minimum atomic E-state index is -0.246. The molecule has 0 saturated carbocycles. The van der Waals surface area contributed by atoms with Gasteiger partial charge in [-0.3, -0.25) is 4.79 Å². The molecule has 0 fully saturated rings. The molecule has 0 saturated heterocycles. The summed E-state index contributed by atoms with van der Waals surface area (Å²) < 4.78 is 21.1. The second-order valence-electron chi connectivity index (χ2n) is 6.03. The fourth-order valence-electron chi connectivity index (χ4n) is 2.87. The van der Waals surface area contributed by atoms with Crippen molar-refractivity contribution in [2.24, 2.45) is 0 Å². The van der Waals surface area contributed by atoms with Gasteiger partial charge in [0.1, 0.15) is 16.7 Å². The van der Waals surface area contributed by atoms with Crippen molar-refractivity contribution < 1.29 is 23.7 Å². The van der Waals surface area contributed by atoms with Gasteiger partial charge in [-0.15, -0.1) is 0 Å². The van der Waals surface area contributed by atoms with Gasteiger partial charge >= 0.3 is 0 Å². The van der Waals surface area contributed by atoms with Gasteiger partial charge in [0.05, 0.1) is 39.5 Å². The number of rotatable bonds is 7. The van der Waals surface area contributed by atoms with E-state index in [0.29, 0.717) is 39.6 Å². The first-order chi connectivity index (χ1) is 14.0. The summed E-state index contributed by atoms with van der Waals surface area (Å²) >= 11 is 6.32. The van der Waals surface area contributed by atoms with Crippen LogP contribution in [0.25, 0.3) is 17.0 Å². The van der Waals surface area contributed by atoms with Crippen LogP contribution in [0.2, 0.25) is 5.15 Å². The number of allylic oxidation sites excluding steroid dienone is 1. The maximum Gasteiger partial charge on any atom is 0.189 e. The zero-order valence-corrected chi connectivity index (χ0v) is 17.2. The third-order valence-corrected chi connectivity index (χ3v) is 4.69. The fraction of sp³-hybridized carbons (Fsp3) is 0.182. The molecule has 3 rings (SSSR count). The molecule has 7 heteroatoms. The number of nitrogens with zero attached hydrogens (tertiary/aromatic N) is 1. The molecule has 0 radical (unpaired) electrons. The molecule has 6 nitrogen and oxygen atoms in total. The lowest BCUT2D eigenvalue weighted by atomic mass is 10.1. The molecule has 0 aliphatic rings. The second kappa shape index (κ2) is 8.84. The molecule has 0 spiro atoms. The van der Waals surface area contributed by atoms with Crippen LogP contribution in [0.5, 0.6) is 23.0 Å². The Morgan fingerprint density at radius 1 is 0.897 bits per heavy atom. The monoisotopic (exact) mass is 413 g/mol. The number of carbonyl (C=O) groups is 1. The van der Waals surface area contributed by atoms with E-state index >= 15 is 0 Å². The van der Waals surface area contributed by atoms with E-state index in [1.807, 2.05) is 12.1 Å². The lowest BCUT2D eigenvalue weighted by molar-refractivity contribution is 0.104. The van der Waals surface area contributed by atoms with Crippen molar-refractivity contribution in [3.8, 4) is 23.0 Å². The van der Waals surface area contributed by atoms with Gasteiger partial charge in [0.15, 0.2) is 17.3 Å². The van der Waals surface area contributed by atoms with Crippen LogP contribution >= 0.6 is 11.6 Å². The first kappa shape index (κ1) is 20.5. The van der Waals surface area contributed by atoms with Crippen molar-refractivity contribution in [2.45, 2.75) is 0 Å².